The molecule has 2 amide bonds. The standard InChI is InChI=1S/C23H28FN3O4/c1-14(2)21(26-22(28)17-8-6-7-9-18(17)24)23(29)27-25-13-16-10-11-19(31-15(3)4)20(12-16)30-5/h6-15,21H,1-5H3,(H,26,28)(H,27,29). The Balaban J connectivity index is 2.05. The maximum absolute atomic E-state index is 13.8. The van der Waals surface area contributed by atoms with Gasteiger partial charge in [-0.05, 0) is 55.7 Å². The molecule has 1 unspecified atom stereocenters. The highest BCUT2D eigenvalue weighted by Crippen LogP contribution is 2.28. The Labute approximate surface area is 181 Å². The lowest BCUT2D eigenvalue weighted by Crippen LogP contribution is -2.48. The minimum atomic E-state index is -0.888. The van der Waals surface area contributed by atoms with Crippen molar-refractivity contribution in [2.24, 2.45) is 11.0 Å². The maximum atomic E-state index is 13.8. The lowest BCUT2D eigenvalue weighted by Gasteiger charge is -2.20. The second-order valence-electron chi connectivity index (χ2n) is 7.49. The molecule has 0 aromatic heterocycles. The molecule has 0 aliphatic heterocycles. The average Bonchev–Trinajstić information content (AvgIpc) is 2.72. The van der Waals surface area contributed by atoms with E-state index in [1.165, 1.54) is 31.5 Å². The molecule has 0 saturated heterocycles. The van der Waals surface area contributed by atoms with E-state index >= 15 is 0 Å². The van der Waals surface area contributed by atoms with Gasteiger partial charge in [0.05, 0.1) is 25.0 Å². The molecule has 0 fully saturated rings. The second kappa shape index (κ2) is 11.1. The summed E-state index contributed by atoms with van der Waals surface area (Å²) in [6.45, 7) is 7.38. The van der Waals surface area contributed by atoms with Crippen molar-refractivity contribution in [1.29, 1.82) is 0 Å². The van der Waals surface area contributed by atoms with E-state index in [2.05, 4.69) is 15.8 Å². The minimum absolute atomic E-state index is 0.000226. The van der Waals surface area contributed by atoms with Gasteiger partial charge in [0.15, 0.2) is 11.5 Å². The summed E-state index contributed by atoms with van der Waals surface area (Å²) in [6, 6.07) is 9.97. The zero-order chi connectivity index (χ0) is 23.0. The number of amides is 2. The van der Waals surface area contributed by atoms with E-state index in [0.29, 0.717) is 17.1 Å². The fourth-order valence-corrected chi connectivity index (χ4v) is 2.76. The summed E-state index contributed by atoms with van der Waals surface area (Å²) in [5.41, 5.74) is 2.98. The molecule has 7 nitrogen and oxygen atoms in total. The van der Waals surface area contributed by atoms with Gasteiger partial charge in [0.1, 0.15) is 11.9 Å². The predicted molar refractivity (Wildman–Crippen MR) is 117 cm³/mol. The Morgan fingerprint density at radius 1 is 1.06 bits per heavy atom. The Morgan fingerprint density at radius 2 is 1.77 bits per heavy atom. The number of nitrogens with one attached hydrogen (secondary N) is 2. The summed E-state index contributed by atoms with van der Waals surface area (Å²) in [6.07, 6.45) is 1.45. The van der Waals surface area contributed by atoms with Crippen LogP contribution in [0.4, 0.5) is 4.39 Å². The molecule has 0 heterocycles. The van der Waals surface area contributed by atoms with Crippen LogP contribution in [0.1, 0.15) is 43.6 Å². The van der Waals surface area contributed by atoms with E-state index in [-0.39, 0.29) is 17.6 Å². The first-order valence-electron chi connectivity index (χ1n) is 9.96. The molecule has 0 aliphatic carbocycles. The van der Waals surface area contributed by atoms with Gasteiger partial charge in [-0.15, -0.1) is 0 Å². The van der Waals surface area contributed by atoms with Gasteiger partial charge < -0.3 is 14.8 Å². The van der Waals surface area contributed by atoms with Crippen LogP contribution in [0.25, 0.3) is 0 Å². The fraction of sp³-hybridized carbons (Fsp3) is 0.348. The first kappa shape index (κ1) is 23.9. The molecule has 2 aromatic rings. The summed E-state index contributed by atoms with van der Waals surface area (Å²) in [5, 5.41) is 6.53. The van der Waals surface area contributed by atoms with Gasteiger partial charge in [0.2, 0.25) is 0 Å². The highest BCUT2D eigenvalue weighted by atomic mass is 19.1. The smallest absolute Gasteiger partial charge is 0.262 e. The Morgan fingerprint density at radius 3 is 2.39 bits per heavy atom. The quantitative estimate of drug-likeness (QED) is 0.471. The summed E-state index contributed by atoms with van der Waals surface area (Å²) >= 11 is 0. The van der Waals surface area contributed by atoms with Gasteiger partial charge in [0.25, 0.3) is 11.8 Å². The van der Waals surface area contributed by atoms with Crippen LogP contribution in [0.2, 0.25) is 0 Å². The number of carbonyl (C=O) groups excluding carboxylic acids is 2. The van der Waals surface area contributed by atoms with Crippen LogP contribution in [-0.4, -0.2) is 37.3 Å². The topological polar surface area (TPSA) is 89.0 Å². The number of halogens is 1. The molecule has 0 aliphatic rings. The number of methoxy groups -OCH3 is 1. The first-order chi connectivity index (χ1) is 14.7. The number of hydrogen-bond acceptors (Lipinski definition) is 5. The molecule has 8 heteroatoms. The van der Waals surface area contributed by atoms with Crippen molar-refractivity contribution in [2.75, 3.05) is 7.11 Å². The summed E-state index contributed by atoms with van der Waals surface area (Å²) < 4.78 is 24.8. The van der Waals surface area contributed by atoms with Gasteiger partial charge in [0, 0.05) is 0 Å². The van der Waals surface area contributed by atoms with E-state index in [0.717, 1.165) is 0 Å². The van der Waals surface area contributed by atoms with Gasteiger partial charge >= 0.3 is 0 Å². The lowest BCUT2D eigenvalue weighted by molar-refractivity contribution is -0.123. The Kier molecular flexibility index (Phi) is 8.54. The van der Waals surface area contributed by atoms with E-state index < -0.39 is 23.7 Å². The highest BCUT2D eigenvalue weighted by Gasteiger charge is 2.25. The molecular formula is C23H28FN3O4. The van der Waals surface area contributed by atoms with Crippen LogP contribution in [0.5, 0.6) is 11.5 Å². The van der Waals surface area contributed by atoms with Crippen LogP contribution in [0.3, 0.4) is 0 Å². The van der Waals surface area contributed by atoms with Crippen LogP contribution >= 0.6 is 0 Å². The molecule has 166 valence electrons. The Hall–Kier alpha value is -3.42. The molecule has 1 atom stereocenters. The normalized spacial score (nSPS) is 12.1. The molecule has 0 bridgehead atoms. The van der Waals surface area contributed by atoms with Crippen LogP contribution < -0.4 is 20.2 Å². The number of rotatable bonds is 9. The Bertz CT molecular complexity index is 944. The third kappa shape index (κ3) is 6.80. The van der Waals surface area contributed by atoms with Crippen LogP contribution in [0, 0.1) is 11.7 Å². The summed E-state index contributed by atoms with van der Waals surface area (Å²) in [5.74, 6) is -0.919. The van der Waals surface area contributed by atoms with E-state index in [1.807, 2.05) is 13.8 Å². The highest BCUT2D eigenvalue weighted by molar-refractivity contribution is 5.98. The SMILES string of the molecule is COc1cc(C=NNC(=O)C(NC(=O)c2ccccc2F)C(C)C)ccc1OC(C)C. The molecule has 2 N–H and O–H groups in total. The summed E-state index contributed by atoms with van der Waals surface area (Å²) in [4.78, 5) is 24.9. The van der Waals surface area contributed by atoms with Gasteiger partial charge in [-0.3, -0.25) is 9.59 Å². The molecular weight excluding hydrogens is 401 g/mol. The lowest BCUT2D eigenvalue weighted by atomic mass is 10.0. The molecule has 2 rings (SSSR count). The number of ether oxygens (including phenoxy) is 2. The van der Waals surface area contributed by atoms with Crippen molar-refractivity contribution in [2.45, 2.75) is 39.8 Å². The number of benzene rings is 2. The third-order valence-electron chi connectivity index (χ3n) is 4.29. The monoisotopic (exact) mass is 429 g/mol. The zero-order valence-corrected chi connectivity index (χ0v) is 18.3. The largest absolute Gasteiger partial charge is 0.493 e. The van der Waals surface area contributed by atoms with E-state index in [1.54, 1.807) is 38.1 Å². The number of nitrogens with zero attached hydrogens (tertiary/aromatic N) is 1. The van der Waals surface area contributed by atoms with Crippen molar-refractivity contribution in [3.8, 4) is 11.5 Å². The van der Waals surface area contributed by atoms with Crippen molar-refractivity contribution < 1.29 is 23.5 Å². The molecule has 2 aromatic carbocycles. The maximum Gasteiger partial charge on any atom is 0.262 e. The predicted octanol–water partition coefficient (Wildman–Crippen LogP) is 3.53. The van der Waals surface area contributed by atoms with Crippen molar-refractivity contribution in [3.63, 3.8) is 0 Å². The molecule has 0 spiro atoms. The number of hydrogen-bond donors (Lipinski definition) is 2. The van der Waals surface area contributed by atoms with Crippen molar-refractivity contribution in [1.82, 2.24) is 10.7 Å². The average molecular weight is 429 g/mol. The first-order valence-corrected chi connectivity index (χ1v) is 9.96. The van der Waals surface area contributed by atoms with Gasteiger partial charge in [-0.1, -0.05) is 26.0 Å². The van der Waals surface area contributed by atoms with Crippen LogP contribution in [-0.2, 0) is 4.79 Å². The second-order valence-corrected chi connectivity index (χ2v) is 7.49. The summed E-state index contributed by atoms with van der Waals surface area (Å²) in [7, 11) is 1.54. The van der Waals surface area contributed by atoms with E-state index in [4.69, 9.17) is 9.47 Å². The fourth-order valence-electron chi connectivity index (χ4n) is 2.76. The number of hydrazone groups is 1. The van der Waals surface area contributed by atoms with Crippen molar-refractivity contribution >= 4 is 18.0 Å². The van der Waals surface area contributed by atoms with Gasteiger partial charge in [-0.25, -0.2) is 9.82 Å². The zero-order valence-electron chi connectivity index (χ0n) is 18.3. The molecule has 31 heavy (non-hydrogen) atoms. The van der Waals surface area contributed by atoms with Crippen LogP contribution in [0.15, 0.2) is 47.6 Å². The minimum Gasteiger partial charge on any atom is -0.493 e. The number of carbonyl (C=O) groups is 2. The molecule has 0 radical (unpaired) electrons. The molecule has 0 saturated carbocycles. The van der Waals surface area contributed by atoms with Gasteiger partial charge in [-0.2, -0.15) is 5.10 Å². The third-order valence-corrected chi connectivity index (χ3v) is 4.29. The van der Waals surface area contributed by atoms with E-state index in [9.17, 15) is 14.0 Å². The van der Waals surface area contributed by atoms with Crippen molar-refractivity contribution in [3.05, 3.63) is 59.4 Å².